The van der Waals surface area contributed by atoms with E-state index in [2.05, 4.69) is 4.74 Å². The second-order valence-electron chi connectivity index (χ2n) is 6.35. The van der Waals surface area contributed by atoms with Gasteiger partial charge in [0.1, 0.15) is 5.60 Å². The fourth-order valence-electron chi connectivity index (χ4n) is 2.20. The van der Waals surface area contributed by atoms with Gasteiger partial charge in [0, 0.05) is 13.1 Å². The number of carbonyl (C=O) groups is 2. The van der Waals surface area contributed by atoms with Crippen LogP contribution in [0.15, 0.2) is 0 Å². The normalized spacial score (nSPS) is 18.0. The van der Waals surface area contributed by atoms with E-state index in [1.165, 1.54) is 11.4 Å². The van der Waals surface area contributed by atoms with Crippen LogP contribution >= 0.6 is 0 Å². The highest BCUT2D eigenvalue weighted by Gasteiger charge is 2.33. The van der Waals surface area contributed by atoms with E-state index in [1.54, 1.807) is 20.8 Å². The Labute approximate surface area is 132 Å². The largest absolute Gasteiger partial charge is 0.469 e. The molecule has 0 aromatic heterocycles. The number of nitrogens with zero attached hydrogens (tertiary/aromatic N) is 1. The number of ether oxygens (including phenoxy) is 2. The van der Waals surface area contributed by atoms with Crippen LogP contribution in [0.1, 0.15) is 40.0 Å². The van der Waals surface area contributed by atoms with Gasteiger partial charge in [0.2, 0.25) is 10.0 Å². The van der Waals surface area contributed by atoms with Crippen LogP contribution in [0.3, 0.4) is 0 Å². The van der Waals surface area contributed by atoms with Crippen molar-refractivity contribution >= 4 is 22.0 Å². The van der Waals surface area contributed by atoms with Gasteiger partial charge in [-0.15, -0.1) is 0 Å². The molecular weight excluding hydrogens is 310 g/mol. The monoisotopic (exact) mass is 335 g/mol. The smallest absolute Gasteiger partial charge is 0.309 e. The summed E-state index contributed by atoms with van der Waals surface area (Å²) >= 11 is 0. The van der Waals surface area contributed by atoms with Crippen molar-refractivity contribution in [3.63, 3.8) is 0 Å². The topological polar surface area (TPSA) is 90.0 Å². The van der Waals surface area contributed by atoms with Crippen molar-refractivity contribution in [3.05, 3.63) is 0 Å². The van der Waals surface area contributed by atoms with Crippen LogP contribution in [-0.4, -0.2) is 56.2 Å². The van der Waals surface area contributed by atoms with Gasteiger partial charge in [-0.05, 0) is 33.6 Å². The molecule has 0 radical (unpaired) electrons. The Morgan fingerprint density at radius 2 is 1.73 bits per heavy atom. The Morgan fingerprint density at radius 1 is 1.18 bits per heavy atom. The Morgan fingerprint density at radius 3 is 2.18 bits per heavy atom. The predicted molar refractivity (Wildman–Crippen MR) is 80.6 cm³/mol. The fourth-order valence-corrected chi connectivity index (χ4v) is 3.65. The second kappa shape index (κ2) is 7.41. The number of carbonyl (C=O) groups excluding carboxylic acids is 2. The van der Waals surface area contributed by atoms with Gasteiger partial charge in [-0.2, -0.15) is 0 Å². The van der Waals surface area contributed by atoms with Crippen LogP contribution in [0.25, 0.3) is 0 Å². The summed E-state index contributed by atoms with van der Waals surface area (Å²) in [5.74, 6) is -1.37. The lowest BCUT2D eigenvalue weighted by Gasteiger charge is -2.31. The van der Waals surface area contributed by atoms with Gasteiger partial charge in [0.15, 0.2) is 0 Å². The molecule has 1 rings (SSSR count). The van der Waals surface area contributed by atoms with Crippen molar-refractivity contribution in [2.45, 2.75) is 45.6 Å². The highest BCUT2D eigenvalue weighted by molar-refractivity contribution is 7.89. The predicted octanol–water partition coefficient (Wildman–Crippen LogP) is 0.933. The summed E-state index contributed by atoms with van der Waals surface area (Å²) in [5.41, 5.74) is -0.541. The summed E-state index contributed by atoms with van der Waals surface area (Å²) in [6, 6.07) is 0. The Hall–Kier alpha value is -1.15. The first-order valence-corrected chi connectivity index (χ1v) is 8.93. The summed E-state index contributed by atoms with van der Waals surface area (Å²) in [5, 5.41) is 0. The van der Waals surface area contributed by atoms with E-state index in [-0.39, 0.29) is 37.2 Å². The van der Waals surface area contributed by atoms with E-state index in [0.717, 1.165) is 0 Å². The van der Waals surface area contributed by atoms with Crippen LogP contribution in [0.2, 0.25) is 0 Å². The molecule has 0 atom stereocenters. The van der Waals surface area contributed by atoms with Gasteiger partial charge in [-0.25, -0.2) is 12.7 Å². The number of hydrogen-bond acceptors (Lipinski definition) is 6. The van der Waals surface area contributed by atoms with E-state index < -0.39 is 21.6 Å². The minimum atomic E-state index is -3.49. The standard InChI is InChI=1S/C14H25NO6S/c1-14(2,3)21-13(17)11-5-8-15(9-6-11)22(18,19)10-7-12(16)20-4/h11H,5-10H2,1-4H3. The minimum Gasteiger partial charge on any atom is -0.469 e. The van der Waals surface area contributed by atoms with Crippen LogP contribution in [0, 0.1) is 5.92 Å². The van der Waals surface area contributed by atoms with Gasteiger partial charge >= 0.3 is 11.9 Å². The molecule has 0 spiro atoms. The lowest BCUT2D eigenvalue weighted by molar-refractivity contribution is -0.161. The van der Waals surface area contributed by atoms with Crippen LogP contribution in [0.5, 0.6) is 0 Å². The molecule has 1 aliphatic rings. The first-order chi connectivity index (χ1) is 10.0. The molecule has 0 aromatic rings. The zero-order valence-corrected chi connectivity index (χ0v) is 14.4. The van der Waals surface area contributed by atoms with Crippen molar-refractivity contribution in [3.8, 4) is 0 Å². The van der Waals surface area contributed by atoms with E-state index in [0.29, 0.717) is 12.8 Å². The zero-order chi connectivity index (χ0) is 17.0. The van der Waals surface area contributed by atoms with Crippen molar-refractivity contribution in [1.29, 1.82) is 0 Å². The summed E-state index contributed by atoms with van der Waals surface area (Å²) in [6.07, 6.45) is 0.712. The molecule has 22 heavy (non-hydrogen) atoms. The molecule has 1 aliphatic heterocycles. The number of sulfonamides is 1. The second-order valence-corrected chi connectivity index (χ2v) is 8.44. The number of piperidine rings is 1. The van der Waals surface area contributed by atoms with Crippen LogP contribution in [-0.2, 0) is 29.1 Å². The van der Waals surface area contributed by atoms with Gasteiger partial charge in [-0.3, -0.25) is 9.59 Å². The molecule has 1 heterocycles. The highest BCUT2D eigenvalue weighted by atomic mass is 32.2. The maximum Gasteiger partial charge on any atom is 0.309 e. The molecule has 0 unspecified atom stereocenters. The molecule has 0 N–H and O–H groups in total. The summed E-state index contributed by atoms with van der Waals surface area (Å²) in [6.45, 7) is 5.95. The van der Waals surface area contributed by atoms with E-state index in [4.69, 9.17) is 4.74 Å². The lowest BCUT2D eigenvalue weighted by Crippen LogP contribution is -2.42. The van der Waals surface area contributed by atoms with Crippen molar-refractivity contribution < 1.29 is 27.5 Å². The number of methoxy groups -OCH3 is 1. The SMILES string of the molecule is COC(=O)CCS(=O)(=O)N1CCC(C(=O)OC(C)(C)C)CC1. The lowest BCUT2D eigenvalue weighted by atomic mass is 9.98. The third-order valence-corrected chi connectivity index (χ3v) is 5.25. The number of hydrogen-bond donors (Lipinski definition) is 0. The van der Waals surface area contributed by atoms with Gasteiger partial charge < -0.3 is 9.47 Å². The van der Waals surface area contributed by atoms with Crippen molar-refractivity contribution in [2.24, 2.45) is 5.92 Å². The average Bonchev–Trinajstić information content (AvgIpc) is 2.43. The zero-order valence-electron chi connectivity index (χ0n) is 13.6. The van der Waals surface area contributed by atoms with Gasteiger partial charge in [-0.1, -0.05) is 0 Å². The Balaban J connectivity index is 2.51. The molecule has 0 amide bonds. The molecule has 0 bridgehead atoms. The number of rotatable bonds is 5. The van der Waals surface area contributed by atoms with Crippen molar-refractivity contribution in [1.82, 2.24) is 4.31 Å². The molecule has 1 saturated heterocycles. The van der Waals surface area contributed by atoms with E-state index in [9.17, 15) is 18.0 Å². The Bertz CT molecular complexity index is 500. The molecule has 8 heteroatoms. The molecule has 1 fully saturated rings. The first kappa shape index (κ1) is 18.9. The van der Waals surface area contributed by atoms with Crippen LogP contribution in [0.4, 0.5) is 0 Å². The molecule has 128 valence electrons. The molecule has 7 nitrogen and oxygen atoms in total. The molecule has 0 aliphatic carbocycles. The van der Waals surface area contributed by atoms with E-state index in [1.807, 2.05) is 0 Å². The minimum absolute atomic E-state index is 0.162. The third-order valence-electron chi connectivity index (χ3n) is 3.38. The fraction of sp³-hybridized carbons (Fsp3) is 0.857. The molecular formula is C14H25NO6S. The summed E-state index contributed by atoms with van der Waals surface area (Å²) in [7, 11) is -2.27. The quantitative estimate of drug-likeness (QED) is 0.694. The first-order valence-electron chi connectivity index (χ1n) is 7.32. The maximum absolute atomic E-state index is 12.1. The van der Waals surface area contributed by atoms with E-state index >= 15 is 0 Å². The summed E-state index contributed by atoms with van der Waals surface area (Å²) < 4.78 is 35.3. The third kappa shape index (κ3) is 5.92. The average molecular weight is 335 g/mol. The number of esters is 2. The van der Waals surface area contributed by atoms with Gasteiger partial charge in [0.05, 0.1) is 25.2 Å². The van der Waals surface area contributed by atoms with Crippen LogP contribution < -0.4 is 0 Å². The van der Waals surface area contributed by atoms with Crippen molar-refractivity contribution in [2.75, 3.05) is 26.0 Å². The molecule has 0 saturated carbocycles. The van der Waals surface area contributed by atoms with Gasteiger partial charge in [0.25, 0.3) is 0 Å². The summed E-state index contributed by atoms with van der Waals surface area (Å²) in [4.78, 5) is 23.0. The maximum atomic E-state index is 12.1. The molecule has 0 aromatic carbocycles. The Kier molecular flexibility index (Phi) is 6.37. The highest BCUT2D eigenvalue weighted by Crippen LogP contribution is 2.23.